The minimum Gasteiger partial charge on any atom is -0.348 e. The predicted octanol–water partition coefficient (Wildman–Crippen LogP) is 4.30. The minimum atomic E-state index is -0.222. The number of halogens is 2. The topological polar surface area (TPSA) is 58.1 Å². The van der Waals surface area contributed by atoms with E-state index in [2.05, 4.69) is 32.3 Å². The Balaban J connectivity index is 1.53. The quantitative estimate of drug-likeness (QED) is 0.803. The molecular formula is C20H24Cl2N4O. The van der Waals surface area contributed by atoms with Gasteiger partial charge in [0.15, 0.2) is 0 Å². The molecule has 1 saturated heterocycles. The number of nitrogens with one attached hydrogen (secondary N) is 1. The number of hydrogen-bond acceptors (Lipinski definition) is 4. The molecule has 1 aromatic heterocycles. The molecule has 0 radical (unpaired) electrons. The van der Waals surface area contributed by atoms with Crippen LogP contribution < -0.4 is 5.32 Å². The fraction of sp³-hybridized carbons (Fsp3) is 0.450. The van der Waals surface area contributed by atoms with Gasteiger partial charge in [0.1, 0.15) is 11.5 Å². The second kappa shape index (κ2) is 9.00. The monoisotopic (exact) mass is 406 g/mol. The molecule has 144 valence electrons. The molecule has 3 rings (SSSR count). The first-order valence-electron chi connectivity index (χ1n) is 9.22. The summed E-state index contributed by atoms with van der Waals surface area (Å²) in [4.78, 5) is 23.5. The summed E-state index contributed by atoms with van der Waals surface area (Å²) in [7, 11) is 0. The average Bonchev–Trinajstić information content (AvgIpc) is 2.65. The number of carbonyl (C=O) groups excluding carboxylic acids is 1. The molecule has 1 N–H and O–H groups in total. The molecule has 1 amide bonds. The number of benzene rings is 1. The molecule has 0 spiro atoms. The van der Waals surface area contributed by atoms with E-state index in [1.807, 2.05) is 26.0 Å². The van der Waals surface area contributed by atoms with Crippen LogP contribution in [-0.4, -0.2) is 39.9 Å². The molecule has 5 nitrogen and oxygen atoms in total. The Morgan fingerprint density at radius 3 is 2.52 bits per heavy atom. The van der Waals surface area contributed by atoms with Gasteiger partial charge >= 0.3 is 0 Å². The summed E-state index contributed by atoms with van der Waals surface area (Å²) >= 11 is 12.1. The maximum absolute atomic E-state index is 12.6. The van der Waals surface area contributed by atoms with E-state index in [1.54, 1.807) is 0 Å². The molecule has 2 aromatic rings. The first-order valence-corrected chi connectivity index (χ1v) is 9.98. The maximum atomic E-state index is 12.6. The Labute approximate surface area is 170 Å². The zero-order valence-corrected chi connectivity index (χ0v) is 17.1. The molecule has 0 unspecified atom stereocenters. The summed E-state index contributed by atoms with van der Waals surface area (Å²) in [5.74, 6) is 0.549. The van der Waals surface area contributed by atoms with Gasteiger partial charge in [-0.3, -0.25) is 9.69 Å². The highest BCUT2D eigenvalue weighted by atomic mass is 35.5. The van der Waals surface area contributed by atoms with E-state index in [4.69, 9.17) is 23.2 Å². The van der Waals surface area contributed by atoms with E-state index in [-0.39, 0.29) is 28.6 Å². The molecule has 1 aliphatic heterocycles. The summed E-state index contributed by atoms with van der Waals surface area (Å²) in [6.07, 6.45) is 3.31. The van der Waals surface area contributed by atoms with Gasteiger partial charge in [-0.1, -0.05) is 49.2 Å². The van der Waals surface area contributed by atoms with Gasteiger partial charge in [0.25, 0.3) is 5.91 Å². The second-order valence-corrected chi connectivity index (χ2v) is 8.07. The molecule has 27 heavy (non-hydrogen) atoms. The number of hydrogen-bond donors (Lipinski definition) is 1. The van der Waals surface area contributed by atoms with E-state index >= 15 is 0 Å². The SMILES string of the molecule is CC(C)c1ncc(Cl)c(C(=O)NC2CCN(Cc3ccc(Cl)cc3)CC2)n1. The van der Waals surface area contributed by atoms with Crippen LogP contribution in [-0.2, 0) is 6.54 Å². The van der Waals surface area contributed by atoms with E-state index in [0.717, 1.165) is 37.5 Å². The lowest BCUT2D eigenvalue weighted by atomic mass is 10.0. The first kappa shape index (κ1) is 20.1. The number of aromatic nitrogens is 2. The van der Waals surface area contributed by atoms with Crippen LogP contribution in [0.4, 0.5) is 0 Å². The van der Waals surface area contributed by atoms with Gasteiger partial charge in [-0.2, -0.15) is 0 Å². The molecule has 0 atom stereocenters. The summed E-state index contributed by atoms with van der Waals surface area (Å²) < 4.78 is 0. The Hall–Kier alpha value is -1.69. The Morgan fingerprint density at radius 2 is 1.89 bits per heavy atom. The summed E-state index contributed by atoms with van der Waals surface area (Å²) in [6, 6.07) is 8.08. The fourth-order valence-electron chi connectivity index (χ4n) is 3.16. The first-order chi connectivity index (χ1) is 12.9. The summed E-state index contributed by atoms with van der Waals surface area (Å²) in [6.45, 7) is 6.74. The highest BCUT2D eigenvalue weighted by Crippen LogP contribution is 2.19. The van der Waals surface area contributed by atoms with E-state index in [9.17, 15) is 4.79 Å². The number of piperidine rings is 1. The van der Waals surface area contributed by atoms with Crippen molar-refractivity contribution < 1.29 is 4.79 Å². The van der Waals surface area contributed by atoms with Gasteiger partial charge in [-0.05, 0) is 30.5 Å². The molecular weight excluding hydrogens is 383 g/mol. The normalized spacial score (nSPS) is 15.9. The molecule has 1 fully saturated rings. The van der Waals surface area contributed by atoms with Crippen LogP contribution in [0.2, 0.25) is 10.0 Å². The van der Waals surface area contributed by atoms with Crippen molar-refractivity contribution in [1.29, 1.82) is 0 Å². The zero-order valence-electron chi connectivity index (χ0n) is 15.6. The zero-order chi connectivity index (χ0) is 19.4. The molecule has 1 aliphatic rings. The van der Waals surface area contributed by atoms with Crippen molar-refractivity contribution in [3.05, 3.63) is 57.6 Å². The van der Waals surface area contributed by atoms with Crippen molar-refractivity contribution in [3.8, 4) is 0 Å². The molecule has 7 heteroatoms. The highest BCUT2D eigenvalue weighted by Gasteiger charge is 2.23. The summed E-state index contributed by atoms with van der Waals surface area (Å²) in [5, 5.41) is 4.12. The van der Waals surface area contributed by atoms with E-state index < -0.39 is 0 Å². The third-order valence-electron chi connectivity index (χ3n) is 4.74. The van der Waals surface area contributed by atoms with Gasteiger partial charge in [-0.25, -0.2) is 9.97 Å². The lowest BCUT2D eigenvalue weighted by Crippen LogP contribution is -2.44. The van der Waals surface area contributed by atoms with Crippen LogP contribution in [0.5, 0.6) is 0 Å². The molecule has 1 aromatic carbocycles. The van der Waals surface area contributed by atoms with Crippen molar-refractivity contribution in [3.63, 3.8) is 0 Å². The third-order valence-corrected chi connectivity index (χ3v) is 5.27. The van der Waals surface area contributed by atoms with Crippen molar-refractivity contribution in [2.75, 3.05) is 13.1 Å². The predicted molar refractivity (Wildman–Crippen MR) is 108 cm³/mol. The number of amides is 1. The van der Waals surface area contributed by atoms with Crippen LogP contribution in [0.25, 0.3) is 0 Å². The van der Waals surface area contributed by atoms with Crippen LogP contribution in [0.3, 0.4) is 0 Å². The minimum absolute atomic E-state index is 0.132. The average molecular weight is 407 g/mol. The Morgan fingerprint density at radius 1 is 1.22 bits per heavy atom. The number of nitrogens with zero attached hydrogens (tertiary/aromatic N) is 3. The van der Waals surface area contributed by atoms with Gasteiger partial charge in [0, 0.05) is 36.6 Å². The van der Waals surface area contributed by atoms with E-state index in [0.29, 0.717) is 5.82 Å². The third kappa shape index (κ3) is 5.41. The van der Waals surface area contributed by atoms with Gasteiger partial charge < -0.3 is 5.32 Å². The Kier molecular flexibility index (Phi) is 6.68. The Bertz CT molecular complexity index is 787. The van der Waals surface area contributed by atoms with Crippen molar-refractivity contribution in [2.24, 2.45) is 0 Å². The number of likely N-dealkylation sites (tertiary alicyclic amines) is 1. The lowest BCUT2D eigenvalue weighted by Gasteiger charge is -2.32. The maximum Gasteiger partial charge on any atom is 0.271 e. The molecule has 0 saturated carbocycles. The smallest absolute Gasteiger partial charge is 0.271 e. The lowest BCUT2D eigenvalue weighted by molar-refractivity contribution is 0.0903. The largest absolute Gasteiger partial charge is 0.348 e. The van der Waals surface area contributed by atoms with Crippen molar-refractivity contribution in [2.45, 2.75) is 45.2 Å². The number of rotatable bonds is 5. The second-order valence-electron chi connectivity index (χ2n) is 7.23. The highest BCUT2D eigenvalue weighted by molar-refractivity contribution is 6.33. The van der Waals surface area contributed by atoms with Crippen LogP contribution in [0, 0.1) is 0 Å². The van der Waals surface area contributed by atoms with Crippen LogP contribution in [0.1, 0.15) is 54.5 Å². The van der Waals surface area contributed by atoms with Gasteiger partial charge in [0.2, 0.25) is 0 Å². The van der Waals surface area contributed by atoms with Crippen LogP contribution >= 0.6 is 23.2 Å². The standard InChI is InChI=1S/C20H24Cl2N4O/c1-13(2)19-23-11-17(22)18(25-19)20(27)24-16-7-9-26(10-8-16)12-14-3-5-15(21)6-4-14/h3-6,11,13,16H,7-10,12H2,1-2H3,(H,24,27). The number of carbonyl (C=O) groups is 1. The van der Waals surface area contributed by atoms with Crippen LogP contribution in [0.15, 0.2) is 30.5 Å². The molecule has 2 heterocycles. The van der Waals surface area contributed by atoms with Gasteiger partial charge in [-0.15, -0.1) is 0 Å². The molecule has 0 bridgehead atoms. The van der Waals surface area contributed by atoms with E-state index in [1.165, 1.54) is 11.8 Å². The van der Waals surface area contributed by atoms with Gasteiger partial charge in [0.05, 0.1) is 11.2 Å². The molecule has 0 aliphatic carbocycles. The van der Waals surface area contributed by atoms with Crippen molar-refractivity contribution >= 4 is 29.1 Å². The summed E-state index contributed by atoms with van der Waals surface area (Å²) in [5.41, 5.74) is 1.51. The van der Waals surface area contributed by atoms with Crippen molar-refractivity contribution in [1.82, 2.24) is 20.2 Å². The fourth-order valence-corrected chi connectivity index (χ4v) is 3.46.